The minimum atomic E-state index is -0.321. The lowest BCUT2D eigenvalue weighted by atomic mass is 10.1. The van der Waals surface area contributed by atoms with E-state index < -0.39 is 0 Å². The van der Waals surface area contributed by atoms with Crippen LogP contribution in [0.25, 0.3) is 17.1 Å². The summed E-state index contributed by atoms with van der Waals surface area (Å²) < 4.78 is 19.2. The van der Waals surface area contributed by atoms with Crippen LogP contribution in [0.5, 0.6) is 0 Å². The minimum absolute atomic E-state index is 0.0842. The molecule has 5 nitrogen and oxygen atoms in total. The predicted octanol–water partition coefficient (Wildman–Crippen LogP) is 3.63. The lowest BCUT2D eigenvalue weighted by Gasteiger charge is -2.00. The third-order valence-electron chi connectivity index (χ3n) is 3.97. The van der Waals surface area contributed by atoms with Crippen molar-refractivity contribution in [1.82, 2.24) is 9.97 Å². The molecule has 0 spiro atoms. The number of halogens is 1. The fraction of sp³-hybridized carbons (Fsp3) is 0.105. The molecule has 0 atom stereocenters. The van der Waals surface area contributed by atoms with Gasteiger partial charge in [0.25, 0.3) is 0 Å². The van der Waals surface area contributed by atoms with Gasteiger partial charge in [-0.05, 0) is 24.3 Å². The van der Waals surface area contributed by atoms with Crippen LogP contribution in [0.15, 0.2) is 59.5 Å². The molecule has 0 bridgehead atoms. The number of ether oxygens (including phenoxy) is 1. The molecule has 1 saturated heterocycles. The number of fused-ring (bicyclic) bond motifs is 1. The second-order valence-electron chi connectivity index (χ2n) is 5.66. The Morgan fingerprint density at radius 1 is 1.28 bits per heavy atom. The van der Waals surface area contributed by atoms with Crippen molar-refractivity contribution in [3.05, 3.63) is 71.5 Å². The van der Waals surface area contributed by atoms with E-state index in [2.05, 4.69) is 15.0 Å². The number of benzene rings is 1. The summed E-state index contributed by atoms with van der Waals surface area (Å²) in [6, 6.07) is 10.2. The molecule has 124 valence electrons. The fourth-order valence-electron chi connectivity index (χ4n) is 2.68. The lowest BCUT2D eigenvalue weighted by Crippen LogP contribution is -1.96. The Bertz CT molecular complexity index is 1020. The molecule has 25 heavy (non-hydrogen) atoms. The van der Waals surface area contributed by atoms with Crippen molar-refractivity contribution in [2.45, 2.75) is 13.0 Å². The van der Waals surface area contributed by atoms with Crippen LogP contribution >= 0.6 is 0 Å². The van der Waals surface area contributed by atoms with Gasteiger partial charge in [-0.15, -0.1) is 0 Å². The predicted molar refractivity (Wildman–Crippen MR) is 92.3 cm³/mol. The Kier molecular flexibility index (Phi) is 3.85. The number of H-pyrrole nitrogens is 1. The maximum absolute atomic E-state index is 13.6. The third kappa shape index (κ3) is 3.06. The van der Waals surface area contributed by atoms with Crippen LogP contribution in [-0.4, -0.2) is 21.6 Å². The number of pyridine rings is 1. The van der Waals surface area contributed by atoms with Gasteiger partial charge in [0, 0.05) is 28.9 Å². The van der Waals surface area contributed by atoms with Gasteiger partial charge in [0.1, 0.15) is 11.5 Å². The standard InChI is InChI=1S/C19H14FN3O2/c20-15-6-2-1-4-12(15)10-22-18-9-16(24)17(25-18)8-13-11-23-19-14(13)5-3-7-21-19/h1-8,11H,9-10H2,(H,21,23)/b17-8-,22-18?. The molecular formula is C19H14FN3O2. The van der Waals surface area contributed by atoms with Crippen LogP contribution in [0.2, 0.25) is 0 Å². The summed E-state index contributed by atoms with van der Waals surface area (Å²) in [5, 5.41) is 0.906. The first-order valence-electron chi connectivity index (χ1n) is 7.82. The van der Waals surface area contributed by atoms with Gasteiger partial charge >= 0.3 is 0 Å². The van der Waals surface area contributed by atoms with Crippen LogP contribution in [-0.2, 0) is 16.1 Å². The highest BCUT2D eigenvalue weighted by molar-refractivity contribution is 6.14. The number of aliphatic imine (C=N–C) groups is 1. The highest BCUT2D eigenvalue weighted by Gasteiger charge is 2.25. The van der Waals surface area contributed by atoms with Gasteiger partial charge < -0.3 is 9.72 Å². The highest BCUT2D eigenvalue weighted by atomic mass is 19.1. The lowest BCUT2D eigenvalue weighted by molar-refractivity contribution is -0.114. The maximum atomic E-state index is 13.6. The van der Waals surface area contributed by atoms with E-state index in [1.165, 1.54) is 6.07 Å². The van der Waals surface area contributed by atoms with Crippen molar-refractivity contribution in [2.24, 2.45) is 4.99 Å². The van der Waals surface area contributed by atoms with Gasteiger partial charge in [-0.25, -0.2) is 14.4 Å². The summed E-state index contributed by atoms with van der Waals surface area (Å²) in [6.07, 6.45) is 5.23. The zero-order chi connectivity index (χ0) is 17.2. The van der Waals surface area contributed by atoms with Crippen molar-refractivity contribution in [1.29, 1.82) is 0 Å². The number of Topliss-reactive ketones (excluding diaryl/α,β-unsaturated/α-hetero) is 1. The van der Waals surface area contributed by atoms with E-state index in [0.29, 0.717) is 11.5 Å². The number of nitrogens with one attached hydrogen (secondary N) is 1. The molecule has 0 radical (unpaired) electrons. The highest BCUT2D eigenvalue weighted by Crippen LogP contribution is 2.23. The molecule has 1 aliphatic heterocycles. The molecule has 1 fully saturated rings. The molecule has 1 N–H and O–H groups in total. The summed E-state index contributed by atoms with van der Waals surface area (Å²) in [4.78, 5) is 23.6. The minimum Gasteiger partial charge on any atom is -0.439 e. The van der Waals surface area contributed by atoms with E-state index in [1.807, 2.05) is 12.1 Å². The number of allylic oxidation sites excluding steroid dienone is 1. The van der Waals surface area contributed by atoms with Gasteiger partial charge in [-0.2, -0.15) is 0 Å². The first-order chi connectivity index (χ1) is 12.2. The summed E-state index contributed by atoms with van der Waals surface area (Å²) >= 11 is 0. The number of aromatic nitrogens is 2. The van der Waals surface area contributed by atoms with E-state index in [-0.39, 0.29) is 30.3 Å². The number of carbonyl (C=O) groups excluding carboxylic acids is 1. The van der Waals surface area contributed by atoms with Gasteiger partial charge in [0.15, 0.2) is 11.7 Å². The van der Waals surface area contributed by atoms with E-state index in [1.54, 1.807) is 36.7 Å². The zero-order valence-corrected chi connectivity index (χ0v) is 13.2. The number of ketones is 1. The monoisotopic (exact) mass is 335 g/mol. The number of hydrogen-bond acceptors (Lipinski definition) is 4. The van der Waals surface area contributed by atoms with Crippen LogP contribution in [0.3, 0.4) is 0 Å². The van der Waals surface area contributed by atoms with E-state index >= 15 is 0 Å². The third-order valence-corrected chi connectivity index (χ3v) is 3.97. The molecule has 2 aromatic heterocycles. The molecule has 6 heteroatoms. The number of carbonyl (C=O) groups is 1. The Morgan fingerprint density at radius 2 is 2.16 bits per heavy atom. The Labute approximate surface area is 142 Å². The van der Waals surface area contributed by atoms with Crippen molar-refractivity contribution in [3.8, 4) is 0 Å². The van der Waals surface area contributed by atoms with Gasteiger partial charge in [0.05, 0.1) is 13.0 Å². The Hall–Kier alpha value is -3.28. The normalized spacial score (nSPS) is 17.6. The SMILES string of the molecule is O=C1CC(=NCc2ccccc2F)O/C1=C\c1c[nH]c2ncccc12. The van der Waals surface area contributed by atoms with Crippen LogP contribution in [0.1, 0.15) is 17.5 Å². The van der Waals surface area contributed by atoms with Crippen LogP contribution < -0.4 is 0 Å². The number of hydrogen-bond donors (Lipinski definition) is 1. The molecule has 0 aliphatic carbocycles. The summed E-state index contributed by atoms with van der Waals surface area (Å²) in [5.74, 6) is 0.0678. The quantitative estimate of drug-likeness (QED) is 0.743. The molecule has 0 saturated carbocycles. The van der Waals surface area contributed by atoms with Crippen molar-refractivity contribution >= 4 is 28.8 Å². The molecule has 1 aromatic carbocycles. The number of nitrogens with zero attached hydrogens (tertiary/aromatic N) is 2. The number of rotatable bonds is 3. The van der Waals surface area contributed by atoms with E-state index in [9.17, 15) is 9.18 Å². The molecule has 3 heterocycles. The fourth-order valence-corrected chi connectivity index (χ4v) is 2.68. The summed E-state index contributed by atoms with van der Waals surface area (Å²) in [6.45, 7) is 0.138. The van der Waals surface area contributed by atoms with Crippen molar-refractivity contribution in [3.63, 3.8) is 0 Å². The van der Waals surface area contributed by atoms with Crippen LogP contribution in [0, 0.1) is 5.82 Å². The average molecular weight is 335 g/mol. The molecule has 3 aromatic rings. The maximum Gasteiger partial charge on any atom is 0.207 e. The first-order valence-corrected chi connectivity index (χ1v) is 7.82. The summed E-state index contributed by atoms with van der Waals surface area (Å²) in [7, 11) is 0. The van der Waals surface area contributed by atoms with E-state index in [0.717, 1.165) is 16.6 Å². The second-order valence-corrected chi connectivity index (χ2v) is 5.66. The zero-order valence-electron chi connectivity index (χ0n) is 13.2. The molecule has 4 rings (SSSR count). The Balaban J connectivity index is 1.56. The van der Waals surface area contributed by atoms with Gasteiger partial charge in [0.2, 0.25) is 5.78 Å². The second kappa shape index (κ2) is 6.32. The Morgan fingerprint density at radius 3 is 3.04 bits per heavy atom. The topological polar surface area (TPSA) is 67.3 Å². The first kappa shape index (κ1) is 15.3. The molecule has 0 unspecified atom stereocenters. The molecule has 0 amide bonds. The van der Waals surface area contributed by atoms with E-state index in [4.69, 9.17) is 4.74 Å². The van der Waals surface area contributed by atoms with Crippen molar-refractivity contribution in [2.75, 3.05) is 0 Å². The smallest absolute Gasteiger partial charge is 0.207 e. The van der Waals surface area contributed by atoms with Crippen molar-refractivity contribution < 1.29 is 13.9 Å². The van der Waals surface area contributed by atoms with Gasteiger partial charge in [-0.1, -0.05) is 18.2 Å². The molecular weight excluding hydrogens is 321 g/mol. The largest absolute Gasteiger partial charge is 0.439 e. The molecule has 1 aliphatic rings. The van der Waals surface area contributed by atoms with Crippen LogP contribution in [0.4, 0.5) is 4.39 Å². The van der Waals surface area contributed by atoms with Gasteiger partial charge in [-0.3, -0.25) is 4.79 Å². The average Bonchev–Trinajstić information content (AvgIpc) is 3.19. The summed E-state index contributed by atoms with van der Waals surface area (Å²) in [5.41, 5.74) is 2.03. The number of aromatic amines is 1.